The van der Waals surface area contributed by atoms with E-state index in [4.69, 9.17) is 0 Å². The molecule has 2 aromatic rings. The molecule has 1 aromatic heterocycles. The number of piperidine rings is 1. The van der Waals surface area contributed by atoms with E-state index in [1.54, 1.807) is 18.3 Å². The molecule has 0 radical (unpaired) electrons. The highest BCUT2D eigenvalue weighted by Gasteiger charge is 2.28. The average molecular weight is 439 g/mol. The molecule has 1 atom stereocenters. The molecule has 7 heteroatoms. The van der Waals surface area contributed by atoms with Gasteiger partial charge >= 0.3 is 0 Å². The first kappa shape index (κ1) is 22.4. The number of hydrogen-bond donors (Lipinski definition) is 0. The van der Waals surface area contributed by atoms with Crippen LogP contribution in [0.15, 0.2) is 30.5 Å². The van der Waals surface area contributed by atoms with E-state index >= 15 is 0 Å². The molecule has 32 heavy (non-hydrogen) atoms. The number of nitrogens with zero attached hydrogens (tertiary/aromatic N) is 4. The summed E-state index contributed by atoms with van der Waals surface area (Å²) >= 11 is 0. The number of likely N-dealkylation sites (tertiary alicyclic amines) is 2. The summed E-state index contributed by atoms with van der Waals surface area (Å²) in [4.78, 5) is 38.4. The highest BCUT2D eigenvalue weighted by Crippen LogP contribution is 2.26. The monoisotopic (exact) mass is 438 g/mol. The molecule has 2 aliphatic rings. The van der Waals surface area contributed by atoms with Gasteiger partial charge in [0.05, 0.1) is 11.3 Å². The van der Waals surface area contributed by atoms with Crippen LogP contribution in [-0.4, -0.2) is 57.8 Å². The summed E-state index contributed by atoms with van der Waals surface area (Å²) in [6.07, 6.45) is 7.63. The zero-order chi connectivity index (χ0) is 22.5. The fourth-order valence-corrected chi connectivity index (χ4v) is 4.65. The van der Waals surface area contributed by atoms with Gasteiger partial charge < -0.3 is 9.80 Å². The Morgan fingerprint density at radius 3 is 2.50 bits per heavy atom. The van der Waals surface area contributed by atoms with E-state index < -0.39 is 0 Å². The van der Waals surface area contributed by atoms with Crippen LogP contribution in [0, 0.1) is 12.7 Å². The molecular weight excluding hydrogens is 407 g/mol. The number of aromatic nitrogens is 2. The minimum absolute atomic E-state index is 0.0214. The zero-order valence-electron chi connectivity index (χ0n) is 18.7. The van der Waals surface area contributed by atoms with Crippen LogP contribution < -0.4 is 0 Å². The van der Waals surface area contributed by atoms with Crippen LogP contribution in [-0.2, 0) is 11.2 Å². The maximum absolute atomic E-state index is 13.0. The summed E-state index contributed by atoms with van der Waals surface area (Å²) in [5, 5.41) is 0. The maximum atomic E-state index is 13.0. The Hall–Kier alpha value is -2.83. The van der Waals surface area contributed by atoms with Crippen molar-refractivity contribution >= 4 is 11.8 Å². The number of hydrogen-bond acceptors (Lipinski definition) is 4. The van der Waals surface area contributed by atoms with Crippen LogP contribution in [0.4, 0.5) is 4.39 Å². The molecule has 2 aliphatic heterocycles. The normalized spacial score (nSPS) is 18.8. The lowest BCUT2D eigenvalue weighted by Crippen LogP contribution is -2.39. The molecule has 0 unspecified atom stereocenters. The summed E-state index contributed by atoms with van der Waals surface area (Å²) in [6.45, 7) is 4.86. The highest BCUT2D eigenvalue weighted by molar-refractivity contribution is 5.95. The number of amides is 2. The molecule has 0 bridgehead atoms. The van der Waals surface area contributed by atoms with Gasteiger partial charge in [-0.1, -0.05) is 12.1 Å². The van der Waals surface area contributed by atoms with Crippen LogP contribution in [0.2, 0.25) is 0 Å². The second-order valence-corrected chi connectivity index (χ2v) is 8.89. The molecule has 4 rings (SSSR count). The van der Waals surface area contributed by atoms with Gasteiger partial charge in [-0.05, 0) is 63.1 Å². The number of carbonyl (C=O) groups excluding carboxylic acids is 2. The van der Waals surface area contributed by atoms with Crippen LogP contribution >= 0.6 is 0 Å². The molecule has 2 amide bonds. The number of halogens is 1. The third-order valence-corrected chi connectivity index (χ3v) is 6.53. The Balaban J connectivity index is 1.32. The second kappa shape index (κ2) is 10.2. The number of rotatable bonds is 6. The Labute approximate surface area is 188 Å². The van der Waals surface area contributed by atoms with Crippen molar-refractivity contribution in [1.29, 1.82) is 0 Å². The van der Waals surface area contributed by atoms with Crippen molar-refractivity contribution in [2.45, 2.75) is 57.8 Å². The minimum atomic E-state index is -0.241. The van der Waals surface area contributed by atoms with Crippen molar-refractivity contribution in [1.82, 2.24) is 19.8 Å². The molecule has 2 fully saturated rings. The summed E-state index contributed by atoms with van der Waals surface area (Å²) in [5.74, 6) is 0.751. The first-order valence-electron chi connectivity index (χ1n) is 11.7. The lowest BCUT2D eigenvalue weighted by molar-refractivity contribution is -0.132. The van der Waals surface area contributed by atoms with Crippen LogP contribution in [0.25, 0.3) is 0 Å². The fraction of sp³-hybridized carbons (Fsp3) is 0.520. The largest absolute Gasteiger partial charge is 0.342 e. The summed E-state index contributed by atoms with van der Waals surface area (Å²) < 4.78 is 13.0. The fourth-order valence-electron chi connectivity index (χ4n) is 4.65. The predicted octanol–water partition coefficient (Wildman–Crippen LogP) is 3.89. The van der Waals surface area contributed by atoms with E-state index in [1.807, 2.05) is 16.7 Å². The molecule has 0 N–H and O–H groups in total. The third kappa shape index (κ3) is 5.31. The van der Waals surface area contributed by atoms with Gasteiger partial charge in [0, 0.05) is 44.7 Å². The van der Waals surface area contributed by atoms with Crippen molar-refractivity contribution in [3.63, 3.8) is 0 Å². The topological polar surface area (TPSA) is 66.4 Å². The van der Waals surface area contributed by atoms with E-state index in [9.17, 15) is 14.0 Å². The molecule has 1 aromatic carbocycles. The Kier molecular flexibility index (Phi) is 7.12. The van der Waals surface area contributed by atoms with E-state index in [-0.39, 0.29) is 23.5 Å². The van der Waals surface area contributed by atoms with Crippen LogP contribution in [0.5, 0.6) is 0 Å². The molecule has 170 valence electrons. The van der Waals surface area contributed by atoms with Crippen molar-refractivity contribution in [2.75, 3.05) is 26.2 Å². The van der Waals surface area contributed by atoms with Crippen LogP contribution in [0.1, 0.15) is 71.9 Å². The standard InChI is InChI=1S/C25H31FN4O2/c1-18-22(25(32)29-13-2-3-14-29)16-27-24(28-18)20-7-5-15-30(17-20)23(31)8-4-6-19-9-11-21(26)12-10-19/h9-12,16,20H,2-8,13-15,17H2,1H3/t20-/m1/s1. The van der Waals surface area contributed by atoms with E-state index in [1.165, 1.54) is 12.1 Å². The Bertz CT molecular complexity index is 957. The van der Waals surface area contributed by atoms with Gasteiger partial charge in [0.15, 0.2) is 0 Å². The second-order valence-electron chi connectivity index (χ2n) is 8.89. The first-order chi connectivity index (χ1) is 15.5. The average Bonchev–Trinajstić information content (AvgIpc) is 3.35. The summed E-state index contributed by atoms with van der Waals surface area (Å²) in [7, 11) is 0. The maximum Gasteiger partial charge on any atom is 0.257 e. The smallest absolute Gasteiger partial charge is 0.257 e. The first-order valence-corrected chi connectivity index (χ1v) is 11.7. The third-order valence-electron chi connectivity index (χ3n) is 6.53. The number of benzene rings is 1. The van der Waals surface area contributed by atoms with E-state index in [2.05, 4.69) is 9.97 Å². The van der Waals surface area contributed by atoms with Gasteiger partial charge in [-0.15, -0.1) is 0 Å². The SMILES string of the molecule is Cc1nc([C@@H]2CCCN(C(=O)CCCc3ccc(F)cc3)C2)ncc1C(=O)N1CCCC1. The van der Waals surface area contributed by atoms with E-state index in [0.29, 0.717) is 18.5 Å². The van der Waals surface area contributed by atoms with Gasteiger partial charge in [-0.25, -0.2) is 14.4 Å². The quantitative estimate of drug-likeness (QED) is 0.686. The van der Waals surface area contributed by atoms with Gasteiger partial charge in [0.1, 0.15) is 11.6 Å². The summed E-state index contributed by atoms with van der Waals surface area (Å²) in [5.41, 5.74) is 2.35. The van der Waals surface area contributed by atoms with E-state index in [0.717, 1.165) is 75.2 Å². The predicted molar refractivity (Wildman–Crippen MR) is 120 cm³/mol. The van der Waals surface area contributed by atoms with Crippen molar-refractivity contribution in [2.24, 2.45) is 0 Å². The molecule has 6 nitrogen and oxygen atoms in total. The number of aryl methyl sites for hydroxylation is 2. The molecule has 3 heterocycles. The number of carbonyl (C=O) groups is 2. The lowest BCUT2D eigenvalue weighted by Gasteiger charge is -2.32. The molecule has 0 aliphatic carbocycles. The molecular formula is C25H31FN4O2. The van der Waals surface area contributed by atoms with Gasteiger partial charge in [0.2, 0.25) is 5.91 Å². The molecule has 2 saturated heterocycles. The lowest BCUT2D eigenvalue weighted by atomic mass is 9.96. The zero-order valence-corrected chi connectivity index (χ0v) is 18.7. The minimum Gasteiger partial charge on any atom is -0.342 e. The van der Waals surface area contributed by atoms with Crippen molar-refractivity contribution in [3.05, 3.63) is 58.9 Å². The summed E-state index contributed by atoms with van der Waals surface area (Å²) in [6, 6.07) is 6.46. The van der Waals surface area contributed by atoms with Crippen LogP contribution in [0.3, 0.4) is 0 Å². The van der Waals surface area contributed by atoms with Gasteiger partial charge in [-0.3, -0.25) is 9.59 Å². The highest BCUT2D eigenvalue weighted by atomic mass is 19.1. The van der Waals surface area contributed by atoms with Gasteiger partial charge in [-0.2, -0.15) is 0 Å². The van der Waals surface area contributed by atoms with Crippen molar-refractivity contribution < 1.29 is 14.0 Å². The van der Waals surface area contributed by atoms with Crippen molar-refractivity contribution in [3.8, 4) is 0 Å². The van der Waals surface area contributed by atoms with Gasteiger partial charge in [0.25, 0.3) is 5.91 Å². The molecule has 0 saturated carbocycles. The molecule has 0 spiro atoms. The Morgan fingerprint density at radius 2 is 1.78 bits per heavy atom. The Morgan fingerprint density at radius 1 is 1.06 bits per heavy atom.